The molecule has 0 saturated heterocycles. The van der Waals surface area contributed by atoms with Crippen LogP contribution in [-0.2, 0) is 14.2 Å². The van der Waals surface area contributed by atoms with Crippen LogP contribution in [-0.4, -0.2) is 62.4 Å². The first-order chi connectivity index (χ1) is 11.8. The first-order valence-electron chi connectivity index (χ1n) is 8.05. The molecule has 1 aromatic heterocycles. The summed E-state index contributed by atoms with van der Waals surface area (Å²) in [7, 11) is 0. The van der Waals surface area contributed by atoms with Crippen molar-refractivity contribution in [3.8, 4) is 0 Å². The zero-order valence-corrected chi connectivity index (χ0v) is 13.8. The van der Waals surface area contributed by atoms with Gasteiger partial charge in [0.05, 0.1) is 26.4 Å². The van der Waals surface area contributed by atoms with Crippen molar-refractivity contribution in [3.63, 3.8) is 0 Å². The molecular weight excluding hydrogens is 314 g/mol. The molecule has 0 atom stereocenters. The van der Waals surface area contributed by atoms with E-state index in [1.54, 1.807) is 18.2 Å². The fourth-order valence-electron chi connectivity index (χ4n) is 1.99. The van der Waals surface area contributed by atoms with Crippen LogP contribution in [0.5, 0.6) is 0 Å². The Kier molecular flexibility index (Phi) is 8.16. The third-order valence-corrected chi connectivity index (χ3v) is 3.22. The molecule has 0 spiro atoms. The van der Waals surface area contributed by atoms with Gasteiger partial charge in [-0.25, -0.2) is 4.63 Å². The first-order valence-corrected chi connectivity index (χ1v) is 8.05. The third-order valence-electron chi connectivity index (χ3n) is 3.22. The molecule has 0 radical (unpaired) electrons. The van der Waals surface area contributed by atoms with E-state index in [9.17, 15) is 4.79 Å². The van der Waals surface area contributed by atoms with Crippen molar-refractivity contribution in [1.82, 2.24) is 15.6 Å². The molecule has 0 fully saturated rings. The topological polar surface area (TPSA) is 95.7 Å². The molecule has 0 aliphatic carbocycles. The fraction of sp³-hybridized carbons (Fsp3) is 0.562. The van der Waals surface area contributed by atoms with Gasteiger partial charge < -0.3 is 19.5 Å². The fourth-order valence-corrected chi connectivity index (χ4v) is 1.99. The summed E-state index contributed by atoms with van der Waals surface area (Å²) < 4.78 is 20.5. The highest BCUT2D eigenvalue weighted by Gasteiger charge is 2.08. The molecule has 1 heterocycles. The van der Waals surface area contributed by atoms with Crippen molar-refractivity contribution in [1.29, 1.82) is 0 Å². The second-order valence-electron chi connectivity index (χ2n) is 5.00. The molecule has 24 heavy (non-hydrogen) atoms. The van der Waals surface area contributed by atoms with E-state index in [0.29, 0.717) is 62.8 Å². The van der Waals surface area contributed by atoms with Crippen LogP contribution in [0.3, 0.4) is 0 Å². The number of rotatable bonds is 12. The summed E-state index contributed by atoms with van der Waals surface area (Å²) in [6.07, 6.45) is 0.735. The highest BCUT2D eigenvalue weighted by atomic mass is 16.6. The molecule has 8 nitrogen and oxygen atoms in total. The van der Waals surface area contributed by atoms with Gasteiger partial charge in [0, 0.05) is 25.3 Å². The molecular formula is C16H23N3O5. The van der Waals surface area contributed by atoms with Crippen molar-refractivity contribution in [2.75, 3.05) is 46.2 Å². The van der Waals surface area contributed by atoms with Gasteiger partial charge >= 0.3 is 0 Å². The molecule has 8 heteroatoms. The molecule has 1 amide bonds. The van der Waals surface area contributed by atoms with Crippen molar-refractivity contribution < 1.29 is 23.6 Å². The second kappa shape index (κ2) is 10.7. The lowest BCUT2D eigenvalue weighted by Gasteiger charge is -2.07. The van der Waals surface area contributed by atoms with Crippen LogP contribution in [0, 0.1) is 0 Å². The largest absolute Gasteiger partial charge is 0.379 e. The first kappa shape index (κ1) is 18.3. The highest BCUT2D eigenvalue weighted by Crippen LogP contribution is 2.11. The van der Waals surface area contributed by atoms with Gasteiger partial charge in [-0.05, 0) is 41.9 Å². The van der Waals surface area contributed by atoms with Crippen LogP contribution in [0.15, 0.2) is 22.8 Å². The number of nitrogens with one attached hydrogen (secondary N) is 1. The Bertz CT molecular complexity index is 617. The van der Waals surface area contributed by atoms with Crippen molar-refractivity contribution >= 4 is 16.9 Å². The Balaban J connectivity index is 1.50. The number of benzene rings is 1. The van der Waals surface area contributed by atoms with E-state index in [1.165, 1.54) is 0 Å². The van der Waals surface area contributed by atoms with Gasteiger partial charge in [0.2, 0.25) is 0 Å². The standard InChI is InChI=1S/C16H23N3O5/c1-2-21-8-9-23-11-10-22-7-3-6-17-16(20)13-4-5-14-15(12-13)19-24-18-14/h4-5,12H,2-3,6-11H2,1H3,(H,17,20). The summed E-state index contributed by atoms with van der Waals surface area (Å²) >= 11 is 0. The number of amides is 1. The van der Waals surface area contributed by atoms with E-state index in [4.69, 9.17) is 14.2 Å². The number of hydrogen-bond acceptors (Lipinski definition) is 7. The molecule has 0 saturated carbocycles. The summed E-state index contributed by atoms with van der Waals surface area (Å²) in [4.78, 5) is 12.0. The van der Waals surface area contributed by atoms with E-state index < -0.39 is 0 Å². The lowest BCUT2D eigenvalue weighted by Crippen LogP contribution is -2.25. The second-order valence-corrected chi connectivity index (χ2v) is 5.00. The van der Waals surface area contributed by atoms with Crippen LogP contribution in [0.2, 0.25) is 0 Å². The van der Waals surface area contributed by atoms with E-state index in [1.807, 2.05) is 6.92 Å². The number of fused-ring (bicyclic) bond motifs is 1. The van der Waals surface area contributed by atoms with Crippen LogP contribution in [0.4, 0.5) is 0 Å². The van der Waals surface area contributed by atoms with Crippen LogP contribution >= 0.6 is 0 Å². The monoisotopic (exact) mass is 337 g/mol. The Morgan fingerprint density at radius 1 is 1.04 bits per heavy atom. The van der Waals surface area contributed by atoms with E-state index in [0.717, 1.165) is 6.42 Å². The van der Waals surface area contributed by atoms with Gasteiger partial charge in [0.1, 0.15) is 11.0 Å². The quantitative estimate of drug-likeness (QED) is 0.585. The lowest BCUT2D eigenvalue weighted by atomic mass is 10.2. The van der Waals surface area contributed by atoms with Gasteiger partial charge in [0.25, 0.3) is 5.91 Å². The average molecular weight is 337 g/mol. The summed E-state index contributed by atoms with van der Waals surface area (Å²) in [6.45, 7) is 6.04. The van der Waals surface area contributed by atoms with Crippen molar-refractivity contribution in [3.05, 3.63) is 23.8 Å². The molecule has 1 N–H and O–H groups in total. The normalized spacial score (nSPS) is 11.0. The minimum atomic E-state index is -0.154. The molecule has 2 rings (SSSR count). The summed E-state index contributed by atoms with van der Waals surface area (Å²) in [5.74, 6) is -0.154. The van der Waals surface area contributed by atoms with Crippen LogP contribution < -0.4 is 5.32 Å². The van der Waals surface area contributed by atoms with Gasteiger partial charge in [-0.15, -0.1) is 0 Å². The maximum atomic E-state index is 12.0. The molecule has 0 aliphatic heterocycles. The number of aromatic nitrogens is 2. The molecule has 1 aromatic carbocycles. The molecule has 0 bridgehead atoms. The van der Waals surface area contributed by atoms with E-state index >= 15 is 0 Å². The lowest BCUT2D eigenvalue weighted by molar-refractivity contribution is 0.0166. The molecule has 0 aliphatic rings. The SMILES string of the molecule is CCOCCOCCOCCCNC(=O)c1ccc2nonc2c1. The van der Waals surface area contributed by atoms with Crippen LogP contribution in [0.1, 0.15) is 23.7 Å². The Morgan fingerprint density at radius 2 is 1.75 bits per heavy atom. The van der Waals surface area contributed by atoms with Gasteiger partial charge in [-0.1, -0.05) is 0 Å². The van der Waals surface area contributed by atoms with E-state index in [-0.39, 0.29) is 5.91 Å². The summed E-state index contributed by atoms with van der Waals surface area (Å²) in [5.41, 5.74) is 1.72. The number of hydrogen-bond donors (Lipinski definition) is 1. The third kappa shape index (κ3) is 6.23. The zero-order valence-electron chi connectivity index (χ0n) is 13.8. The minimum absolute atomic E-state index is 0.154. The maximum absolute atomic E-state index is 12.0. The number of ether oxygens (including phenoxy) is 3. The number of carbonyl (C=O) groups excluding carboxylic acids is 1. The van der Waals surface area contributed by atoms with Crippen molar-refractivity contribution in [2.24, 2.45) is 0 Å². The van der Waals surface area contributed by atoms with Crippen LogP contribution in [0.25, 0.3) is 11.0 Å². The highest BCUT2D eigenvalue weighted by molar-refractivity contribution is 5.97. The van der Waals surface area contributed by atoms with Crippen molar-refractivity contribution in [2.45, 2.75) is 13.3 Å². The average Bonchev–Trinajstić information content (AvgIpc) is 3.07. The van der Waals surface area contributed by atoms with E-state index in [2.05, 4.69) is 20.3 Å². The van der Waals surface area contributed by atoms with Gasteiger partial charge in [0.15, 0.2) is 0 Å². The minimum Gasteiger partial charge on any atom is -0.379 e. The van der Waals surface area contributed by atoms with Gasteiger partial charge in [-0.3, -0.25) is 4.79 Å². The number of carbonyl (C=O) groups is 1. The van der Waals surface area contributed by atoms with Gasteiger partial charge in [-0.2, -0.15) is 0 Å². The molecule has 0 unspecified atom stereocenters. The summed E-state index contributed by atoms with van der Waals surface area (Å²) in [5, 5.41) is 10.3. The maximum Gasteiger partial charge on any atom is 0.251 e. The predicted octanol–water partition coefficient (Wildman–Crippen LogP) is 1.41. The smallest absolute Gasteiger partial charge is 0.251 e. The zero-order chi connectivity index (χ0) is 17.0. The molecule has 132 valence electrons. The Morgan fingerprint density at radius 3 is 2.54 bits per heavy atom. The predicted molar refractivity (Wildman–Crippen MR) is 86.9 cm³/mol. The number of nitrogens with zero attached hydrogens (tertiary/aromatic N) is 2. The Labute approximate surface area is 140 Å². The molecule has 2 aromatic rings. The summed E-state index contributed by atoms with van der Waals surface area (Å²) in [6, 6.07) is 5.05. The Hall–Kier alpha value is -2.03.